The van der Waals surface area contributed by atoms with Gasteiger partial charge in [-0.1, -0.05) is 22.0 Å². The molecule has 1 atom stereocenters. The number of hydrogen-bond acceptors (Lipinski definition) is 1. The molecule has 2 rings (SSSR count). The number of aryl methyl sites for hydroxylation is 1. The van der Waals surface area contributed by atoms with Crippen LogP contribution in [0.4, 0.5) is 0 Å². The molecule has 0 spiro atoms. The predicted molar refractivity (Wildman–Crippen MR) is 63.7 cm³/mol. The SMILES string of the molecule is Cc1ccc(Br)cc1[C@@H]1CCCNC1. The highest BCUT2D eigenvalue weighted by molar-refractivity contribution is 9.10. The normalized spacial score (nSPS) is 22.3. The fourth-order valence-corrected chi connectivity index (χ4v) is 2.55. The minimum Gasteiger partial charge on any atom is -0.316 e. The number of hydrogen-bond donors (Lipinski definition) is 1. The Kier molecular flexibility index (Phi) is 3.24. The Hall–Kier alpha value is -0.340. The summed E-state index contributed by atoms with van der Waals surface area (Å²) in [5.41, 5.74) is 2.92. The molecule has 0 aliphatic carbocycles. The molecule has 0 amide bonds. The van der Waals surface area contributed by atoms with Crippen LogP contribution in [0.25, 0.3) is 0 Å². The van der Waals surface area contributed by atoms with Gasteiger partial charge in [0.2, 0.25) is 0 Å². The summed E-state index contributed by atoms with van der Waals surface area (Å²) in [6.07, 6.45) is 2.63. The van der Waals surface area contributed by atoms with E-state index in [0.717, 1.165) is 6.54 Å². The second-order valence-electron chi connectivity index (χ2n) is 4.04. The zero-order chi connectivity index (χ0) is 9.97. The van der Waals surface area contributed by atoms with E-state index in [1.54, 1.807) is 0 Å². The summed E-state index contributed by atoms with van der Waals surface area (Å²) in [6.45, 7) is 4.53. The standard InChI is InChI=1S/C12H16BrN/c1-9-4-5-11(13)7-12(9)10-3-2-6-14-8-10/h4-5,7,10,14H,2-3,6,8H2,1H3/t10-/m1/s1. The predicted octanol–water partition coefficient (Wildman–Crippen LogP) is 3.22. The molecule has 1 nitrogen and oxygen atoms in total. The van der Waals surface area contributed by atoms with Crippen LogP contribution in [0.2, 0.25) is 0 Å². The van der Waals surface area contributed by atoms with Crippen LogP contribution < -0.4 is 5.32 Å². The number of halogens is 1. The van der Waals surface area contributed by atoms with Crippen molar-refractivity contribution < 1.29 is 0 Å². The van der Waals surface area contributed by atoms with Crippen molar-refractivity contribution in [1.29, 1.82) is 0 Å². The van der Waals surface area contributed by atoms with Crippen molar-refractivity contribution >= 4 is 15.9 Å². The van der Waals surface area contributed by atoms with Gasteiger partial charge in [-0.05, 0) is 55.5 Å². The third-order valence-corrected chi connectivity index (χ3v) is 3.47. The van der Waals surface area contributed by atoms with Gasteiger partial charge in [0, 0.05) is 11.0 Å². The van der Waals surface area contributed by atoms with Crippen LogP contribution in [0.3, 0.4) is 0 Å². The van der Waals surface area contributed by atoms with E-state index in [1.165, 1.54) is 35.0 Å². The average Bonchev–Trinajstić information content (AvgIpc) is 2.23. The van der Waals surface area contributed by atoms with Crippen LogP contribution >= 0.6 is 15.9 Å². The molecule has 0 unspecified atom stereocenters. The lowest BCUT2D eigenvalue weighted by atomic mass is 9.89. The highest BCUT2D eigenvalue weighted by Crippen LogP contribution is 2.28. The molecule has 1 aliphatic heterocycles. The third-order valence-electron chi connectivity index (χ3n) is 2.98. The van der Waals surface area contributed by atoms with Crippen LogP contribution in [0.1, 0.15) is 29.9 Å². The molecule has 0 aromatic heterocycles. The lowest BCUT2D eigenvalue weighted by Gasteiger charge is -2.24. The monoisotopic (exact) mass is 253 g/mol. The van der Waals surface area contributed by atoms with E-state index in [1.807, 2.05) is 0 Å². The Balaban J connectivity index is 2.24. The van der Waals surface area contributed by atoms with Crippen molar-refractivity contribution in [2.45, 2.75) is 25.7 Å². The lowest BCUT2D eigenvalue weighted by Crippen LogP contribution is -2.28. The molecule has 1 heterocycles. The summed E-state index contributed by atoms with van der Waals surface area (Å²) in [5, 5.41) is 3.46. The van der Waals surface area contributed by atoms with Gasteiger partial charge in [-0.3, -0.25) is 0 Å². The minimum absolute atomic E-state index is 0.709. The molecular weight excluding hydrogens is 238 g/mol. The van der Waals surface area contributed by atoms with Crippen molar-refractivity contribution in [3.63, 3.8) is 0 Å². The molecule has 76 valence electrons. The average molecular weight is 254 g/mol. The number of nitrogens with one attached hydrogen (secondary N) is 1. The van der Waals surface area contributed by atoms with Gasteiger partial charge < -0.3 is 5.32 Å². The largest absolute Gasteiger partial charge is 0.316 e. The molecule has 1 N–H and O–H groups in total. The Labute approximate surface area is 94.0 Å². The molecule has 1 aliphatic rings. The first-order valence-corrected chi connectivity index (χ1v) is 6.03. The van der Waals surface area contributed by atoms with Crippen LogP contribution in [0.5, 0.6) is 0 Å². The molecule has 1 aromatic carbocycles. The van der Waals surface area contributed by atoms with Gasteiger partial charge in [0.25, 0.3) is 0 Å². The van der Waals surface area contributed by atoms with E-state index in [0.29, 0.717) is 5.92 Å². The fourth-order valence-electron chi connectivity index (χ4n) is 2.17. The molecule has 2 heteroatoms. The van der Waals surface area contributed by atoms with E-state index in [4.69, 9.17) is 0 Å². The Bertz CT molecular complexity index is 316. The first-order chi connectivity index (χ1) is 6.77. The highest BCUT2D eigenvalue weighted by atomic mass is 79.9. The molecule has 0 bridgehead atoms. The third kappa shape index (κ3) is 2.18. The van der Waals surface area contributed by atoms with Crippen LogP contribution in [-0.2, 0) is 0 Å². The summed E-state index contributed by atoms with van der Waals surface area (Å²) in [4.78, 5) is 0. The Morgan fingerprint density at radius 2 is 2.29 bits per heavy atom. The molecular formula is C12H16BrN. The van der Waals surface area contributed by atoms with Crippen molar-refractivity contribution in [2.24, 2.45) is 0 Å². The molecule has 0 radical (unpaired) electrons. The smallest absolute Gasteiger partial charge is 0.0178 e. The van der Waals surface area contributed by atoms with E-state index in [-0.39, 0.29) is 0 Å². The van der Waals surface area contributed by atoms with Crippen molar-refractivity contribution in [3.05, 3.63) is 33.8 Å². The van der Waals surface area contributed by atoms with Crippen LogP contribution in [0.15, 0.2) is 22.7 Å². The maximum atomic E-state index is 3.54. The second-order valence-corrected chi connectivity index (χ2v) is 4.96. The minimum atomic E-state index is 0.709. The first-order valence-electron chi connectivity index (χ1n) is 5.24. The maximum Gasteiger partial charge on any atom is 0.0178 e. The van der Waals surface area contributed by atoms with Gasteiger partial charge in [0.05, 0.1) is 0 Å². The van der Waals surface area contributed by atoms with E-state index >= 15 is 0 Å². The van der Waals surface area contributed by atoms with Gasteiger partial charge in [0.15, 0.2) is 0 Å². The summed E-state index contributed by atoms with van der Waals surface area (Å²) in [5.74, 6) is 0.709. The first kappa shape index (κ1) is 10.2. The zero-order valence-electron chi connectivity index (χ0n) is 8.52. The van der Waals surface area contributed by atoms with Gasteiger partial charge in [-0.25, -0.2) is 0 Å². The molecule has 14 heavy (non-hydrogen) atoms. The lowest BCUT2D eigenvalue weighted by molar-refractivity contribution is 0.460. The fraction of sp³-hybridized carbons (Fsp3) is 0.500. The van der Waals surface area contributed by atoms with Crippen molar-refractivity contribution in [3.8, 4) is 0 Å². The Morgan fingerprint density at radius 1 is 1.43 bits per heavy atom. The quantitative estimate of drug-likeness (QED) is 0.811. The zero-order valence-corrected chi connectivity index (χ0v) is 10.1. The highest BCUT2D eigenvalue weighted by Gasteiger charge is 2.16. The second kappa shape index (κ2) is 4.45. The van der Waals surface area contributed by atoms with Crippen molar-refractivity contribution in [2.75, 3.05) is 13.1 Å². The van der Waals surface area contributed by atoms with Crippen LogP contribution in [-0.4, -0.2) is 13.1 Å². The van der Waals surface area contributed by atoms with Gasteiger partial charge in [-0.15, -0.1) is 0 Å². The number of benzene rings is 1. The summed E-state index contributed by atoms with van der Waals surface area (Å²) < 4.78 is 1.20. The summed E-state index contributed by atoms with van der Waals surface area (Å²) >= 11 is 3.54. The molecule has 1 aromatic rings. The van der Waals surface area contributed by atoms with E-state index in [9.17, 15) is 0 Å². The van der Waals surface area contributed by atoms with Crippen LogP contribution in [0, 0.1) is 6.92 Å². The summed E-state index contributed by atoms with van der Waals surface area (Å²) in [7, 11) is 0. The molecule has 1 saturated heterocycles. The number of piperidine rings is 1. The number of rotatable bonds is 1. The molecule has 0 saturated carbocycles. The van der Waals surface area contributed by atoms with E-state index < -0.39 is 0 Å². The Morgan fingerprint density at radius 3 is 3.00 bits per heavy atom. The maximum absolute atomic E-state index is 3.54. The summed E-state index contributed by atoms with van der Waals surface area (Å²) in [6, 6.07) is 6.59. The topological polar surface area (TPSA) is 12.0 Å². The van der Waals surface area contributed by atoms with Gasteiger partial charge in [-0.2, -0.15) is 0 Å². The molecule has 1 fully saturated rings. The van der Waals surface area contributed by atoms with Gasteiger partial charge in [0.1, 0.15) is 0 Å². The van der Waals surface area contributed by atoms with Crippen molar-refractivity contribution in [1.82, 2.24) is 5.32 Å². The van der Waals surface area contributed by atoms with Gasteiger partial charge >= 0.3 is 0 Å². The van der Waals surface area contributed by atoms with E-state index in [2.05, 4.69) is 46.4 Å².